The zero-order chi connectivity index (χ0) is 20.1. The highest BCUT2D eigenvalue weighted by Gasteiger charge is 2.12. The Balaban J connectivity index is 1.76. The monoisotopic (exact) mass is 383 g/mol. The normalized spacial score (nSPS) is 10.4. The van der Waals surface area contributed by atoms with Crippen molar-refractivity contribution in [1.29, 1.82) is 0 Å². The van der Waals surface area contributed by atoms with Crippen LogP contribution in [0.2, 0.25) is 0 Å². The van der Waals surface area contributed by atoms with E-state index < -0.39 is 17.3 Å². The molecule has 0 atom stereocenters. The summed E-state index contributed by atoms with van der Waals surface area (Å²) in [5.74, 6) is 0.0922. The number of hydrogen-bond donors (Lipinski definition) is 1. The molecule has 1 aromatic heterocycles. The van der Waals surface area contributed by atoms with Gasteiger partial charge in [-0.2, -0.15) is 0 Å². The van der Waals surface area contributed by atoms with Gasteiger partial charge in [-0.15, -0.1) is 0 Å². The Labute approximate surface area is 160 Å². The lowest BCUT2D eigenvalue weighted by atomic mass is 10.1. The van der Waals surface area contributed by atoms with Gasteiger partial charge in [-0.1, -0.05) is 12.1 Å². The first-order valence-electron chi connectivity index (χ1n) is 8.35. The maximum Gasteiger partial charge on any atom is 0.254 e. The van der Waals surface area contributed by atoms with Crippen molar-refractivity contribution in [2.24, 2.45) is 0 Å². The van der Waals surface area contributed by atoms with Crippen molar-refractivity contribution in [3.63, 3.8) is 0 Å². The molecule has 0 fully saturated rings. The number of benzene rings is 2. The van der Waals surface area contributed by atoms with Gasteiger partial charge in [0.15, 0.2) is 0 Å². The van der Waals surface area contributed by atoms with Gasteiger partial charge in [0.1, 0.15) is 23.9 Å². The Morgan fingerprint density at radius 2 is 1.93 bits per heavy atom. The fraction of sp³-hybridized carbons (Fsp3) is 0.150. The van der Waals surface area contributed by atoms with Crippen molar-refractivity contribution < 1.29 is 18.7 Å². The van der Waals surface area contributed by atoms with Gasteiger partial charge in [-0.25, -0.2) is 9.37 Å². The van der Waals surface area contributed by atoms with Gasteiger partial charge < -0.3 is 14.8 Å². The van der Waals surface area contributed by atoms with Gasteiger partial charge in [0.2, 0.25) is 5.91 Å². The third kappa shape index (κ3) is 4.17. The van der Waals surface area contributed by atoms with E-state index in [1.54, 1.807) is 30.3 Å². The average Bonchev–Trinajstić information content (AvgIpc) is 2.70. The molecule has 0 unspecified atom stereocenters. The second-order valence-corrected chi connectivity index (χ2v) is 5.83. The van der Waals surface area contributed by atoms with E-state index in [9.17, 15) is 14.0 Å². The second-order valence-electron chi connectivity index (χ2n) is 5.83. The van der Waals surface area contributed by atoms with E-state index in [2.05, 4.69) is 10.3 Å². The molecular formula is C20H18FN3O4. The molecule has 144 valence electrons. The van der Waals surface area contributed by atoms with Crippen LogP contribution in [0, 0.1) is 5.82 Å². The highest BCUT2D eigenvalue weighted by molar-refractivity contribution is 5.92. The van der Waals surface area contributed by atoms with Crippen LogP contribution in [0.5, 0.6) is 11.5 Å². The molecule has 2 aromatic carbocycles. The number of amides is 1. The molecule has 0 spiro atoms. The van der Waals surface area contributed by atoms with Crippen LogP contribution in [0.1, 0.15) is 0 Å². The largest absolute Gasteiger partial charge is 0.497 e. The van der Waals surface area contributed by atoms with E-state index in [1.807, 2.05) is 0 Å². The summed E-state index contributed by atoms with van der Waals surface area (Å²) in [5.41, 5.74) is 0.401. The van der Waals surface area contributed by atoms with Gasteiger partial charge in [0, 0.05) is 17.7 Å². The van der Waals surface area contributed by atoms with Crippen molar-refractivity contribution in [2.45, 2.75) is 6.54 Å². The molecule has 0 radical (unpaired) electrons. The number of halogens is 1. The lowest BCUT2D eigenvalue weighted by molar-refractivity contribution is -0.116. The third-order valence-electron chi connectivity index (χ3n) is 4.03. The minimum Gasteiger partial charge on any atom is -0.497 e. The van der Waals surface area contributed by atoms with Crippen LogP contribution in [0.15, 0.2) is 59.7 Å². The van der Waals surface area contributed by atoms with E-state index in [-0.39, 0.29) is 17.8 Å². The molecule has 8 heteroatoms. The first-order valence-corrected chi connectivity index (χ1v) is 8.35. The number of aromatic nitrogens is 2. The lowest BCUT2D eigenvalue weighted by Crippen LogP contribution is -2.27. The first kappa shape index (κ1) is 19.1. The maximum absolute atomic E-state index is 13.9. The fourth-order valence-electron chi connectivity index (χ4n) is 2.61. The minimum absolute atomic E-state index is 0.205. The molecule has 0 bridgehead atoms. The predicted molar refractivity (Wildman–Crippen MR) is 102 cm³/mol. The molecule has 1 N–H and O–H groups in total. The number of rotatable bonds is 6. The Bertz CT molecular complexity index is 1070. The summed E-state index contributed by atoms with van der Waals surface area (Å²) in [6.45, 7) is -0.251. The summed E-state index contributed by atoms with van der Waals surface area (Å²) in [7, 11) is 3.00. The van der Waals surface area contributed by atoms with Gasteiger partial charge in [-0.05, 0) is 24.3 Å². The number of nitrogens with one attached hydrogen (secondary N) is 1. The number of carbonyl (C=O) groups is 1. The molecule has 1 amide bonds. The molecular weight excluding hydrogens is 365 g/mol. The average molecular weight is 383 g/mol. The zero-order valence-electron chi connectivity index (χ0n) is 15.3. The predicted octanol–water partition coefficient (Wildman–Crippen LogP) is 2.71. The zero-order valence-corrected chi connectivity index (χ0v) is 15.3. The van der Waals surface area contributed by atoms with Crippen molar-refractivity contribution in [3.8, 4) is 22.8 Å². The van der Waals surface area contributed by atoms with Gasteiger partial charge in [-0.3, -0.25) is 14.2 Å². The van der Waals surface area contributed by atoms with Gasteiger partial charge in [0.05, 0.1) is 31.9 Å². The smallest absolute Gasteiger partial charge is 0.254 e. The molecule has 3 rings (SSSR count). The van der Waals surface area contributed by atoms with Crippen molar-refractivity contribution in [2.75, 3.05) is 19.5 Å². The fourth-order valence-corrected chi connectivity index (χ4v) is 2.61. The maximum atomic E-state index is 13.9. The number of anilines is 1. The van der Waals surface area contributed by atoms with Crippen LogP contribution in [-0.4, -0.2) is 29.7 Å². The van der Waals surface area contributed by atoms with E-state index in [1.165, 1.54) is 38.7 Å². The molecule has 0 aliphatic carbocycles. The van der Waals surface area contributed by atoms with Crippen LogP contribution >= 0.6 is 0 Å². The van der Waals surface area contributed by atoms with Crippen LogP contribution in [-0.2, 0) is 11.3 Å². The molecule has 3 aromatic rings. The molecule has 0 saturated carbocycles. The summed E-state index contributed by atoms with van der Waals surface area (Å²) in [5, 5.41) is 2.68. The molecule has 7 nitrogen and oxygen atoms in total. The number of methoxy groups -OCH3 is 2. The number of ether oxygens (including phenoxy) is 2. The summed E-state index contributed by atoms with van der Waals surface area (Å²) >= 11 is 0. The van der Waals surface area contributed by atoms with Gasteiger partial charge >= 0.3 is 0 Å². The molecule has 28 heavy (non-hydrogen) atoms. The van der Waals surface area contributed by atoms with Crippen LogP contribution in [0.25, 0.3) is 11.3 Å². The quantitative estimate of drug-likeness (QED) is 0.708. The van der Waals surface area contributed by atoms with E-state index in [0.29, 0.717) is 17.2 Å². The first-order chi connectivity index (χ1) is 13.5. The molecule has 0 saturated heterocycles. The Morgan fingerprint density at radius 1 is 1.14 bits per heavy atom. The minimum atomic E-state index is -0.475. The Hall–Kier alpha value is -3.68. The van der Waals surface area contributed by atoms with Crippen LogP contribution in [0.4, 0.5) is 10.1 Å². The third-order valence-corrected chi connectivity index (χ3v) is 4.03. The Morgan fingerprint density at radius 3 is 2.61 bits per heavy atom. The number of carbonyl (C=O) groups excluding carboxylic acids is 1. The topological polar surface area (TPSA) is 82.5 Å². The van der Waals surface area contributed by atoms with Crippen molar-refractivity contribution in [1.82, 2.24) is 9.55 Å². The van der Waals surface area contributed by atoms with Crippen LogP contribution in [0.3, 0.4) is 0 Å². The van der Waals surface area contributed by atoms with Crippen LogP contribution < -0.4 is 20.3 Å². The van der Waals surface area contributed by atoms with E-state index >= 15 is 0 Å². The molecule has 1 heterocycles. The van der Waals surface area contributed by atoms with Crippen molar-refractivity contribution >= 4 is 11.6 Å². The summed E-state index contributed by atoms with van der Waals surface area (Å²) < 4.78 is 25.3. The van der Waals surface area contributed by atoms with E-state index in [4.69, 9.17) is 9.47 Å². The summed E-state index contributed by atoms with van der Waals surface area (Å²) in [4.78, 5) is 28.7. The lowest BCUT2D eigenvalue weighted by Gasteiger charge is -2.12. The number of nitrogens with zero attached hydrogens (tertiary/aromatic N) is 2. The number of hydrogen-bond acceptors (Lipinski definition) is 5. The Kier molecular flexibility index (Phi) is 5.69. The molecule has 0 aliphatic rings. The van der Waals surface area contributed by atoms with Crippen molar-refractivity contribution in [3.05, 3.63) is 71.0 Å². The van der Waals surface area contributed by atoms with Gasteiger partial charge in [0.25, 0.3) is 5.56 Å². The summed E-state index contributed by atoms with van der Waals surface area (Å²) in [6.07, 6.45) is 1.22. The highest BCUT2D eigenvalue weighted by Crippen LogP contribution is 2.29. The summed E-state index contributed by atoms with van der Waals surface area (Å²) in [6, 6.07) is 12.2. The second kappa shape index (κ2) is 8.34. The standard InChI is InChI=1S/C20H18FN3O4/c1-27-13-7-8-16(18(9-13)28-2)23-19(25)11-24-12-22-17(10-20(24)26)14-5-3-4-6-15(14)21/h3-10,12H,11H2,1-2H3,(H,23,25). The van der Waals surface area contributed by atoms with E-state index in [0.717, 1.165) is 4.57 Å². The molecule has 0 aliphatic heterocycles. The highest BCUT2D eigenvalue weighted by atomic mass is 19.1. The SMILES string of the molecule is COc1ccc(NC(=O)Cn2cnc(-c3ccccc3F)cc2=O)c(OC)c1.